The summed E-state index contributed by atoms with van der Waals surface area (Å²) in [5, 5.41) is 47.8. The lowest BCUT2D eigenvalue weighted by Crippen LogP contribution is -2.46. The lowest BCUT2D eigenvalue weighted by molar-refractivity contribution is -0.137. The standard InChI is InChI=1S/C41H60N7O22P3S/c1-20(7-9-23-30(51)28-24(15-65-39(28)55)21(2)32(23)64-6)8-10-25(49)22(3)40(56)74-14-13-43-27(50)11-12-44-37(54)34(53)41(4,5)17-67-73(62,63)70-72(60,61)66-16-26-33(69-71(57,58)59)31(52)38(68-26)48-19-47-29-35(42)45-18-46-36(29)48/h7,18-19,22,25-26,31,33-34,38,49,51-53H,8-17H2,1-6H3,(H,43,50)(H,44,54)(H,60,61)(H,62,63)(H2,42,45,46)(H2,57,58,59)/b20-7+/t22?,25-,26-,31-,33-,34+,38-/m1/s1. The lowest BCUT2D eigenvalue weighted by atomic mass is 9.87. The Morgan fingerprint density at radius 3 is 2.42 bits per heavy atom. The normalized spacial score (nSPS) is 21.0. The fourth-order valence-electron chi connectivity index (χ4n) is 7.60. The van der Waals surface area contributed by atoms with Gasteiger partial charge in [0.25, 0.3) is 0 Å². The van der Waals surface area contributed by atoms with Gasteiger partial charge in [-0.2, -0.15) is 4.31 Å². The summed E-state index contributed by atoms with van der Waals surface area (Å²) in [4.78, 5) is 101. The summed E-state index contributed by atoms with van der Waals surface area (Å²) < 4.78 is 73.1. The van der Waals surface area contributed by atoms with Crippen LogP contribution >= 0.6 is 35.2 Å². The Hall–Kier alpha value is -4.45. The first kappa shape index (κ1) is 60.4. The minimum Gasteiger partial charge on any atom is -0.507 e. The second kappa shape index (κ2) is 25.1. The summed E-state index contributed by atoms with van der Waals surface area (Å²) in [6.07, 6.45) is -5.38. The molecule has 1 aromatic carbocycles. The number of fused-ring (bicyclic) bond motifs is 2. The van der Waals surface area contributed by atoms with Crippen LogP contribution < -0.4 is 21.1 Å². The first-order valence-electron chi connectivity index (χ1n) is 22.4. The fourth-order valence-corrected chi connectivity index (χ4v) is 11.3. The van der Waals surface area contributed by atoms with E-state index in [1.807, 2.05) is 13.0 Å². The van der Waals surface area contributed by atoms with Crippen molar-refractivity contribution in [2.75, 3.05) is 44.9 Å². The highest BCUT2D eigenvalue weighted by Crippen LogP contribution is 2.61. The second-order valence-corrected chi connectivity index (χ2v) is 23.1. The maximum absolute atomic E-state index is 12.8. The molecule has 5 rings (SSSR count). The number of methoxy groups -OCH3 is 1. The maximum atomic E-state index is 12.8. The number of nitrogens with zero attached hydrogens (tertiary/aromatic N) is 4. The van der Waals surface area contributed by atoms with E-state index in [1.54, 1.807) is 13.8 Å². The van der Waals surface area contributed by atoms with Crippen LogP contribution in [0.1, 0.15) is 80.2 Å². The summed E-state index contributed by atoms with van der Waals surface area (Å²) in [5.74, 6) is -2.53. The van der Waals surface area contributed by atoms with Crippen LogP contribution in [0.2, 0.25) is 0 Å². The number of anilines is 1. The van der Waals surface area contributed by atoms with Gasteiger partial charge in [-0.25, -0.2) is 33.4 Å². The van der Waals surface area contributed by atoms with Crippen molar-refractivity contribution in [1.82, 2.24) is 30.2 Å². The van der Waals surface area contributed by atoms with Crippen molar-refractivity contribution in [2.45, 2.75) is 104 Å². The summed E-state index contributed by atoms with van der Waals surface area (Å²) in [6, 6.07) is 0. The van der Waals surface area contributed by atoms with E-state index in [0.717, 1.165) is 34.6 Å². The third-order valence-electron chi connectivity index (χ3n) is 11.8. The number of aromatic hydroxyl groups is 1. The van der Waals surface area contributed by atoms with Gasteiger partial charge in [-0.3, -0.25) is 32.5 Å². The van der Waals surface area contributed by atoms with Crippen molar-refractivity contribution in [3.63, 3.8) is 0 Å². The van der Waals surface area contributed by atoms with Crippen LogP contribution in [0, 0.1) is 18.3 Å². The quantitative estimate of drug-likeness (QED) is 0.0222. The minimum atomic E-state index is -5.62. The molecule has 1 fully saturated rings. The molecule has 412 valence electrons. The molecule has 0 saturated carbocycles. The average molecular weight is 1130 g/mol. The number of allylic oxidation sites excluding steroid dienone is 2. The molecule has 9 atom stereocenters. The smallest absolute Gasteiger partial charge is 0.481 e. The number of thioether (sulfide) groups is 1. The Balaban J connectivity index is 0.988. The molecule has 0 aliphatic carbocycles. The van der Waals surface area contributed by atoms with Gasteiger partial charge < -0.3 is 70.6 Å². The molecular weight excluding hydrogens is 1070 g/mol. The molecule has 1 saturated heterocycles. The second-order valence-electron chi connectivity index (χ2n) is 17.8. The van der Waals surface area contributed by atoms with Gasteiger partial charge in [-0.15, -0.1) is 0 Å². The number of esters is 1. The van der Waals surface area contributed by atoms with Crippen molar-refractivity contribution < 1.29 is 105 Å². The molecule has 0 bridgehead atoms. The van der Waals surface area contributed by atoms with Gasteiger partial charge in [-0.05, 0) is 38.7 Å². The molecule has 2 amide bonds. The number of ether oxygens (including phenoxy) is 3. The number of amides is 2. The number of nitrogens with two attached hydrogens (primary N) is 1. The number of phenols is 1. The summed E-state index contributed by atoms with van der Waals surface area (Å²) in [6.45, 7) is 5.42. The zero-order chi connectivity index (χ0) is 55.1. The zero-order valence-corrected chi connectivity index (χ0v) is 44.3. The van der Waals surface area contributed by atoms with E-state index in [9.17, 15) is 72.9 Å². The van der Waals surface area contributed by atoms with Gasteiger partial charge in [0.1, 0.15) is 59.9 Å². The zero-order valence-electron chi connectivity index (χ0n) is 40.8. The molecule has 29 nitrogen and oxygen atoms in total. The van der Waals surface area contributed by atoms with Crippen LogP contribution in [0.4, 0.5) is 5.82 Å². The Morgan fingerprint density at radius 2 is 1.74 bits per heavy atom. The van der Waals surface area contributed by atoms with Crippen molar-refractivity contribution in [1.29, 1.82) is 0 Å². The largest absolute Gasteiger partial charge is 0.507 e. The summed E-state index contributed by atoms with van der Waals surface area (Å²) in [7, 11) is -15.1. The molecule has 74 heavy (non-hydrogen) atoms. The van der Waals surface area contributed by atoms with Gasteiger partial charge in [0.15, 0.2) is 22.8 Å². The average Bonchev–Trinajstić information content (AvgIpc) is 4.02. The number of aliphatic hydroxyl groups excluding tert-OH is 3. The SMILES string of the molecule is COc1c(C)c2c(c(O)c1C/C=C(\C)CC[C@@H](O)C(C)C(=O)SCCNC(=O)CCNC(=O)[C@H](O)C(C)(C)COP(=O)(O)OP(=O)(O)OC[C@H]1O[C@@H](n3cnc4c(N)ncnc43)[C@H](O)[C@@H]1OP(=O)(O)O)C(=O)OC2. The number of cyclic esters (lactones) is 1. The predicted octanol–water partition coefficient (Wildman–Crippen LogP) is 1.32. The van der Waals surface area contributed by atoms with E-state index in [-0.39, 0.29) is 78.1 Å². The molecule has 3 unspecified atom stereocenters. The topological polar surface area (TPSA) is 440 Å². The number of nitrogen functional groups attached to an aromatic ring is 1. The highest BCUT2D eigenvalue weighted by molar-refractivity contribution is 8.13. The van der Waals surface area contributed by atoms with E-state index in [4.69, 9.17) is 29.0 Å². The molecule has 4 heterocycles. The van der Waals surface area contributed by atoms with Crippen LogP contribution in [-0.4, -0.2) is 152 Å². The van der Waals surface area contributed by atoms with Gasteiger partial charge in [-0.1, -0.05) is 44.2 Å². The number of rotatable bonds is 27. The van der Waals surface area contributed by atoms with Crippen molar-refractivity contribution >= 4 is 75.1 Å². The Morgan fingerprint density at radius 1 is 1.05 bits per heavy atom. The predicted molar refractivity (Wildman–Crippen MR) is 257 cm³/mol. The van der Waals surface area contributed by atoms with E-state index in [1.165, 1.54) is 21.0 Å². The Bertz CT molecular complexity index is 2740. The molecule has 2 aromatic heterocycles. The molecule has 12 N–H and O–H groups in total. The third kappa shape index (κ3) is 15.6. The van der Waals surface area contributed by atoms with E-state index in [2.05, 4.69) is 34.4 Å². The third-order valence-corrected chi connectivity index (χ3v) is 16.0. The number of benzene rings is 1. The fraction of sp³-hybridized carbons (Fsp3) is 0.585. The van der Waals surface area contributed by atoms with Crippen LogP contribution in [0.15, 0.2) is 24.3 Å². The number of aliphatic hydroxyl groups is 3. The molecule has 0 radical (unpaired) electrons. The lowest BCUT2D eigenvalue weighted by Gasteiger charge is -2.30. The number of imidazole rings is 1. The van der Waals surface area contributed by atoms with Gasteiger partial charge >= 0.3 is 29.4 Å². The highest BCUT2D eigenvalue weighted by Gasteiger charge is 2.50. The van der Waals surface area contributed by atoms with E-state index >= 15 is 0 Å². The van der Waals surface area contributed by atoms with E-state index < -0.39 is 103 Å². The number of phosphoric ester groups is 3. The summed E-state index contributed by atoms with van der Waals surface area (Å²) in [5.41, 5.74) is 6.89. The number of aromatic nitrogens is 4. The van der Waals surface area contributed by atoms with Gasteiger partial charge in [0, 0.05) is 41.8 Å². The van der Waals surface area contributed by atoms with Gasteiger partial charge in [0.05, 0.1) is 38.7 Å². The Labute approximate surface area is 427 Å². The first-order valence-corrected chi connectivity index (χ1v) is 28.0. The van der Waals surface area contributed by atoms with Crippen molar-refractivity contribution in [3.8, 4) is 11.5 Å². The number of hydrogen-bond acceptors (Lipinski definition) is 23. The molecule has 0 spiro atoms. The summed E-state index contributed by atoms with van der Waals surface area (Å²) >= 11 is 0.911. The number of carbonyl (C=O) groups excluding carboxylic acids is 4. The van der Waals surface area contributed by atoms with Crippen LogP contribution in [0.5, 0.6) is 11.5 Å². The number of phosphoric acid groups is 3. The molecule has 2 aliphatic heterocycles. The van der Waals surface area contributed by atoms with Crippen LogP contribution in [0.3, 0.4) is 0 Å². The number of nitrogens with one attached hydrogen (secondary N) is 2. The molecule has 3 aromatic rings. The number of carbonyl (C=O) groups is 4. The van der Waals surface area contributed by atoms with Crippen molar-refractivity contribution in [3.05, 3.63) is 46.6 Å². The molecular formula is C41H60N7O22P3S. The maximum Gasteiger partial charge on any atom is 0.481 e. The monoisotopic (exact) mass is 1130 g/mol. The molecule has 2 aliphatic rings. The minimum absolute atomic E-state index is 0.0147. The van der Waals surface area contributed by atoms with Crippen LogP contribution in [-0.2, 0) is 68.5 Å². The van der Waals surface area contributed by atoms with E-state index in [0.29, 0.717) is 28.9 Å². The number of phenolic OH excluding ortho intramolecular Hbond substituents is 1. The number of hydrogen-bond donors (Lipinski definition) is 11. The Kier molecular flexibility index (Phi) is 20.5. The van der Waals surface area contributed by atoms with Crippen LogP contribution in [0.25, 0.3) is 11.2 Å². The molecule has 33 heteroatoms. The first-order chi connectivity index (χ1) is 34.5. The highest BCUT2D eigenvalue weighted by atomic mass is 32.2. The van der Waals surface area contributed by atoms with Gasteiger partial charge in [0.2, 0.25) is 11.8 Å². The van der Waals surface area contributed by atoms with Crippen molar-refractivity contribution in [2.24, 2.45) is 11.3 Å².